The minimum Gasteiger partial charge on any atom is -0.312 e. The topological polar surface area (TPSA) is 35.8 Å². The summed E-state index contributed by atoms with van der Waals surface area (Å²) in [6.45, 7) is 10.6. The van der Waals surface area contributed by atoms with Crippen molar-refractivity contribution in [3.8, 4) is 6.07 Å². The minimum atomic E-state index is -0.00388. The van der Waals surface area contributed by atoms with Crippen molar-refractivity contribution in [2.45, 2.75) is 40.7 Å². The molecule has 0 spiro atoms. The maximum absolute atomic E-state index is 9.38. The van der Waals surface area contributed by atoms with E-state index in [2.05, 4.69) is 58.1 Å². The summed E-state index contributed by atoms with van der Waals surface area (Å²) in [7, 11) is 1.94. The monoisotopic (exact) mass is 244 g/mol. The summed E-state index contributed by atoms with van der Waals surface area (Å²) in [6, 6.07) is 6.86. The van der Waals surface area contributed by atoms with Crippen LogP contribution in [0.1, 0.15) is 42.1 Å². The zero-order chi connectivity index (χ0) is 13.9. The molecule has 1 rings (SSSR count). The van der Waals surface area contributed by atoms with Crippen molar-refractivity contribution in [1.82, 2.24) is 5.32 Å². The molecule has 1 aromatic rings. The van der Waals surface area contributed by atoms with Gasteiger partial charge >= 0.3 is 0 Å². The second-order valence-corrected chi connectivity index (χ2v) is 5.39. The van der Waals surface area contributed by atoms with Crippen LogP contribution in [-0.4, -0.2) is 7.05 Å². The van der Waals surface area contributed by atoms with Crippen LogP contribution in [0.15, 0.2) is 12.1 Å². The summed E-state index contributed by atoms with van der Waals surface area (Å²) in [4.78, 5) is 0. The second-order valence-electron chi connectivity index (χ2n) is 5.39. The Kier molecular flexibility index (Phi) is 4.93. The molecular formula is C16H24N2. The van der Waals surface area contributed by atoms with Gasteiger partial charge in [0, 0.05) is 6.04 Å². The van der Waals surface area contributed by atoms with Crippen molar-refractivity contribution >= 4 is 0 Å². The molecule has 0 aliphatic rings. The number of benzene rings is 1. The molecule has 2 heteroatoms. The van der Waals surface area contributed by atoms with Crippen LogP contribution in [0.25, 0.3) is 0 Å². The summed E-state index contributed by atoms with van der Waals surface area (Å²) in [5.74, 6) is 0.337. The maximum atomic E-state index is 9.38. The Labute approximate surface area is 111 Å². The number of hydrogen-bond acceptors (Lipinski definition) is 2. The molecular weight excluding hydrogens is 220 g/mol. The van der Waals surface area contributed by atoms with Crippen LogP contribution in [0.4, 0.5) is 0 Å². The van der Waals surface area contributed by atoms with E-state index in [0.717, 1.165) is 0 Å². The Morgan fingerprint density at radius 2 is 1.72 bits per heavy atom. The van der Waals surface area contributed by atoms with E-state index in [0.29, 0.717) is 5.92 Å². The molecule has 0 saturated heterocycles. The highest BCUT2D eigenvalue weighted by atomic mass is 14.9. The first kappa shape index (κ1) is 14.7. The van der Waals surface area contributed by atoms with Crippen LogP contribution >= 0.6 is 0 Å². The summed E-state index contributed by atoms with van der Waals surface area (Å²) in [6.07, 6.45) is 0. The van der Waals surface area contributed by atoms with Crippen molar-refractivity contribution < 1.29 is 0 Å². The highest BCUT2D eigenvalue weighted by Gasteiger charge is 2.26. The fraction of sp³-hybridized carbons (Fsp3) is 0.562. The maximum Gasteiger partial charge on any atom is 0.0681 e. The lowest BCUT2D eigenvalue weighted by atomic mass is 9.82. The van der Waals surface area contributed by atoms with Crippen molar-refractivity contribution in [2.24, 2.45) is 11.8 Å². The number of nitrogens with one attached hydrogen (secondary N) is 1. The van der Waals surface area contributed by atoms with Crippen LogP contribution in [0.3, 0.4) is 0 Å². The minimum absolute atomic E-state index is 0.00388. The normalized spacial score (nSPS) is 14.3. The van der Waals surface area contributed by atoms with Gasteiger partial charge in [0.1, 0.15) is 0 Å². The number of nitriles is 1. The van der Waals surface area contributed by atoms with E-state index < -0.39 is 0 Å². The van der Waals surface area contributed by atoms with Gasteiger partial charge in [-0.3, -0.25) is 0 Å². The highest BCUT2D eigenvalue weighted by molar-refractivity contribution is 5.41. The van der Waals surface area contributed by atoms with Crippen molar-refractivity contribution in [1.29, 1.82) is 5.26 Å². The molecule has 1 N–H and O–H groups in total. The summed E-state index contributed by atoms with van der Waals surface area (Å²) < 4.78 is 0. The van der Waals surface area contributed by atoms with E-state index in [1.54, 1.807) is 0 Å². The first-order valence-corrected chi connectivity index (χ1v) is 6.57. The molecule has 0 radical (unpaired) electrons. The average molecular weight is 244 g/mol. The molecule has 0 saturated carbocycles. The van der Waals surface area contributed by atoms with Crippen molar-refractivity contribution in [2.75, 3.05) is 7.05 Å². The van der Waals surface area contributed by atoms with Gasteiger partial charge in [-0.25, -0.2) is 0 Å². The largest absolute Gasteiger partial charge is 0.312 e. The Hall–Kier alpha value is -1.33. The molecule has 2 atom stereocenters. The van der Waals surface area contributed by atoms with Gasteiger partial charge in [0.15, 0.2) is 0 Å². The molecule has 18 heavy (non-hydrogen) atoms. The molecule has 2 unspecified atom stereocenters. The molecule has 2 nitrogen and oxygen atoms in total. The number of rotatable bonds is 4. The fourth-order valence-corrected chi connectivity index (χ4v) is 2.45. The van der Waals surface area contributed by atoms with Crippen molar-refractivity contribution in [3.05, 3.63) is 34.4 Å². The molecule has 0 amide bonds. The van der Waals surface area contributed by atoms with E-state index in [4.69, 9.17) is 0 Å². The molecule has 0 aromatic heterocycles. The summed E-state index contributed by atoms with van der Waals surface area (Å²) in [5, 5.41) is 12.7. The fourth-order valence-electron chi connectivity index (χ4n) is 2.45. The van der Waals surface area contributed by atoms with E-state index in [-0.39, 0.29) is 12.0 Å². The Morgan fingerprint density at radius 1 is 1.11 bits per heavy atom. The second kappa shape index (κ2) is 6.02. The lowest BCUT2D eigenvalue weighted by Gasteiger charge is -2.27. The van der Waals surface area contributed by atoms with Crippen LogP contribution in [0.5, 0.6) is 0 Å². The molecule has 0 bridgehead atoms. The van der Waals surface area contributed by atoms with Gasteiger partial charge in [-0.2, -0.15) is 5.26 Å². The van der Waals surface area contributed by atoms with Crippen LogP contribution in [-0.2, 0) is 0 Å². The highest BCUT2D eigenvalue weighted by Crippen LogP contribution is 2.31. The predicted molar refractivity (Wildman–Crippen MR) is 76.4 cm³/mol. The SMILES string of the molecule is CNC(c1ccc(C)c(C)c1C)C(C#N)C(C)C. The smallest absolute Gasteiger partial charge is 0.0681 e. The van der Waals surface area contributed by atoms with Crippen molar-refractivity contribution in [3.63, 3.8) is 0 Å². The van der Waals surface area contributed by atoms with Gasteiger partial charge in [-0.1, -0.05) is 26.0 Å². The molecule has 0 aliphatic carbocycles. The zero-order valence-corrected chi connectivity index (χ0v) is 12.3. The first-order chi connectivity index (χ1) is 8.43. The predicted octanol–water partition coefficient (Wildman–Crippen LogP) is 3.67. The van der Waals surface area contributed by atoms with Crippen LogP contribution in [0.2, 0.25) is 0 Å². The average Bonchev–Trinajstić information content (AvgIpc) is 2.33. The Bertz CT molecular complexity index is 455. The summed E-state index contributed by atoms with van der Waals surface area (Å²) >= 11 is 0. The quantitative estimate of drug-likeness (QED) is 0.877. The third kappa shape index (κ3) is 2.73. The summed E-state index contributed by atoms with van der Waals surface area (Å²) in [5.41, 5.74) is 5.19. The van der Waals surface area contributed by atoms with Gasteiger partial charge in [0.2, 0.25) is 0 Å². The van der Waals surface area contributed by atoms with Gasteiger partial charge in [0.25, 0.3) is 0 Å². The van der Waals surface area contributed by atoms with Crippen LogP contribution in [0, 0.1) is 43.9 Å². The zero-order valence-electron chi connectivity index (χ0n) is 12.3. The molecule has 0 aliphatic heterocycles. The number of aryl methyl sites for hydroxylation is 1. The lowest BCUT2D eigenvalue weighted by Crippen LogP contribution is -2.28. The van der Waals surface area contributed by atoms with E-state index in [1.165, 1.54) is 22.3 Å². The number of nitrogens with zero attached hydrogens (tertiary/aromatic N) is 1. The van der Waals surface area contributed by atoms with Gasteiger partial charge in [-0.15, -0.1) is 0 Å². The van der Waals surface area contributed by atoms with Gasteiger partial charge in [0.05, 0.1) is 12.0 Å². The molecule has 0 fully saturated rings. The lowest BCUT2D eigenvalue weighted by molar-refractivity contribution is 0.362. The van der Waals surface area contributed by atoms with E-state index in [1.807, 2.05) is 7.05 Å². The first-order valence-electron chi connectivity index (χ1n) is 6.57. The Balaban J connectivity index is 3.26. The van der Waals surface area contributed by atoms with E-state index >= 15 is 0 Å². The van der Waals surface area contributed by atoms with Crippen LogP contribution < -0.4 is 5.32 Å². The molecule has 0 heterocycles. The third-order valence-electron chi connectivity index (χ3n) is 3.97. The number of hydrogen-bond donors (Lipinski definition) is 1. The molecule has 1 aromatic carbocycles. The Morgan fingerprint density at radius 3 is 2.17 bits per heavy atom. The van der Waals surface area contributed by atoms with E-state index in [9.17, 15) is 5.26 Å². The van der Waals surface area contributed by atoms with Gasteiger partial charge < -0.3 is 5.32 Å². The standard InChI is InChI=1S/C16H24N2/c1-10(2)15(9-17)16(18-6)14-8-7-11(3)12(4)13(14)5/h7-8,10,15-16,18H,1-6H3. The van der Waals surface area contributed by atoms with Gasteiger partial charge in [-0.05, 0) is 56.0 Å². The molecule has 98 valence electrons. The third-order valence-corrected chi connectivity index (χ3v) is 3.97.